The molecule has 1 aromatic heterocycles. The molecule has 208 valence electrons. The highest BCUT2D eigenvalue weighted by molar-refractivity contribution is 5.97. The summed E-state index contributed by atoms with van der Waals surface area (Å²) < 4.78 is 20.2. The molecule has 0 bridgehead atoms. The molecule has 9 nitrogen and oxygen atoms in total. The van der Waals surface area contributed by atoms with Crippen LogP contribution in [-0.4, -0.2) is 39.0 Å². The van der Waals surface area contributed by atoms with Gasteiger partial charge in [0.25, 0.3) is 5.91 Å². The molecule has 2 amide bonds. The van der Waals surface area contributed by atoms with Gasteiger partial charge in [-0.3, -0.25) is 14.4 Å². The Morgan fingerprint density at radius 1 is 1.18 bits per heavy atom. The van der Waals surface area contributed by atoms with E-state index in [-0.39, 0.29) is 35.1 Å². The number of carbonyl (C=O) groups excluding carboxylic acids is 2. The van der Waals surface area contributed by atoms with Gasteiger partial charge in [0.15, 0.2) is 17.3 Å². The number of aromatic amines is 1. The number of benzene rings is 2. The second-order valence-electron chi connectivity index (χ2n) is 10.7. The minimum Gasteiger partial charge on any atom is -0.448 e. The Hall–Kier alpha value is -4.52. The van der Waals surface area contributed by atoms with Gasteiger partial charge in [0.2, 0.25) is 5.91 Å². The van der Waals surface area contributed by atoms with E-state index in [9.17, 15) is 24.0 Å². The molecule has 10 heteroatoms. The van der Waals surface area contributed by atoms with Crippen LogP contribution in [0.15, 0.2) is 53.3 Å². The lowest BCUT2D eigenvalue weighted by atomic mass is 9.84. The van der Waals surface area contributed by atoms with Crippen LogP contribution in [0.1, 0.15) is 66.8 Å². The Morgan fingerprint density at radius 2 is 1.93 bits per heavy atom. The van der Waals surface area contributed by atoms with E-state index in [1.807, 2.05) is 45.0 Å². The van der Waals surface area contributed by atoms with Gasteiger partial charge < -0.3 is 15.0 Å². The summed E-state index contributed by atoms with van der Waals surface area (Å²) in [5.41, 5.74) is 1.08. The molecule has 0 aliphatic carbocycles. The predicted octanol–water partition coefficient (Wildman–Crippen LogP) is 4.72. The molecule has 2 aromatic carbocycles. The molecule has 3 atom stereocenters. The highest BCUT2D eigenvalue weighted by Gasteiger charge is 2.46. The minimum absolute atomic E-state index is 0.0186. The van der Waals surface area contributed by atoms with Crippen molar-refractivity contribution in [1.82, 2.24) is 20.4 Å². The number of H-pyrrole nitrogens is 1. The van der Waals surface area contributed by atoms with E-state index in [1.54, 1.807) is 18.7 Å². The van der Waals surface area contributed by atoms with Gasteiger partial charge in [0.05, 0.1) is 29.3 Å². The van der Waals surface area contributed by atoms with Gasteiger partial charge in [-0.15, -0.1) is 0 Å². The maximum atomic E-state index is 14.8. The third-order valence-corrected chi connectivity index (χ3v) is 7.22. The molecule has 2 N–H and O–H groups in total. The molecular weight excluding hydrogens is 513 g/mol. The molecule has 0 saturated carbocycles. The Morgan fingerprint density at radius 3 is 2.60 bits per heavy atom. The fourth-order valence-corrected chi connectivity index (χ4v) is 5.07. The maximum absolute atomic E-state index is 14.8. The van der Waals surface area contributed by atoms with Gasteiger partial charge in [-0.1, -0.05) is 29.8 Å². The number of likely N-dealkylation sites (tertiary alicyclic amines) is 1. The molecule has 0 radical (unpaired) electrons. The Kier molecular flexibility index (Phi) is 8.05. The number of carbonyl (C=O) groups is 2. The van der Waals surface area contributed by atoms with Gasteiger partial charge in [0.1, 0.15) is 6.04 Å². The van der Waals surface area contributed by atoms with E-state index in [1.165, 1.54) is 18.2 Å². The molecule has 1 aliphatic rings. The van der Waals surface area contributed by atoms with Crippen LogP contribution in [0.25, 0.3) is 0 Å². The van der Waals surface area contributed by atoms with E-state index in [2.05, 4.69) is 21.6 Å². The zero-order valence-corrected chi connectivity index (χ0v) is 23.1. The molecule has 2 heterocycles. The molecule has 3 aromatic rings. The summed E-state index contributed by atoms with van der Waals surface area (Å²) in [5.74, 6) is -2.19. The first kappa shape index (κ1) is 28.5. The number of aryl methyl sites for hydroxylation is 2. The molecule has 0 spiro atoms. The van der Waals surface area contributed by atoms with Crippen molar-refractivity contribution < 1.29 is 18.7 Å². The third-order valence-electron chi connectivity index (χ3n) is 7.22. The molecule has 1 fully saturated rings. The highest BCUT2D eigenvalue weighted by atomic mass is 19.1. The van der Waals surface area contributed by atoms with E-state index < -0.39 is 28.7 Å². The number of amides is 2. The van der Waals surface area contributed by atoms with Crippen LogP contribution in [0.2, 0.25) is 0 Å². The summed E-state index contributed by atoms with van der Waals surface area (Å²) in [6, 6.07) is 13.7. The van der Waals surface area contributed by atoms with Gasteiger partial charge in [0, 0.05) is 11.6 Å². The van der Waals surface area contributed by atoms with Crippen molar-refractivity contribution in [1.29, 1.82) is 5.26 Å². The standard InChI is InChI=1S/C30H32FN5O4/c1-17-7-6-8-20(13-17)23-10-12-26(30(4,5)16-32)36(23)29(39)19(3)33-27(37)21-9-11-24(22(31)15-21)40-25-14-18(2)34-35-28(25)38/h6-9,11,13-15,19,23,26H,10,12H2,1-5H3,(H,33,37)(H,35,38)/t19-,23+,26-/m1/s1. The van der Waals surface area contributed by atoms with Crippen molar-refractivity contribution in [2.45, 2.75) is 65.6 Å². The highest BCUT2D eigenvalue weighted by Crippen LogP contribution is 2.43. The van der Waals surface area contributed by atoms with Gasteiger partial charge in [-0.05, 0) is 71.2 Å². The molecule has 1 aliphatic heterocycles. The van der Waals surface area contributed by atoms with Gasteiger partial charge in [-0.25, -0.2) is 9.49 Å². The first-order valence-corrected chi connectivity index (χ1v) is 13.1. The zero-order chi connectivity index (χ0) is 29.2. The molecule has 40 heavy (non-hydrogen) atoms. The van der Waals surface area contributed by atoms with Crippen LogP contribution in [0, 0.1) is 36.4 Å². The van der Waals surface area contributed by atoms with Crippen LogP contribution in [-0.2, 0) is 4.79 Å². The summed E-state index contributed by atoms with van der Waals surface area (Å²) in [6.45, 7) is 8.83. The largest absolute Gasteiger partial charge is 0.448 e. The van der Waals surface area contributed by atoms with E-state index >= 15 is 0 Å². The number of nitriles is 1. The average Bonchev–Trinajstić information content (AvgIpc) is 3.37. The SMILES string of the molecule is Cc1cccc([C@@H]2CC[C@H](C(C)(C)C#N)N2C(=O)[C@@H](C)NC(=O)c2ccc(Oc3cc(C)n[nH]c3=O)c(F)c2)c1. The molecule has 0 unspecified atom stereocenters. The van der Waals surface area contributed by atoms with Crippen molar-refractivity contribution >= 4 is 11.8 Å². The minimum atomic E-state index is -0.938. The van der Waals surface area contributed by atoms with Crippen LogP contribution >= 0.6 is 0 Å². The Balaban J connectivity index is 1.53. The van der Waals surface area contributed by atoms with Crippen molar-refractivity contribution in [2.24, 2.45) is 5.41 Å². The fourth-order valence-electron chi connectivity index (χ4n) is 5.07. The number of nitrogens with zero attached hydrogens (tertiary/aromatic N) is 3. The Bertz CT molecular complexity index is 1540. The summed E-state index contributed by atoms with van der Waals surface area (Å²) in [4.78, 5) is 40.5. The third kappa shape index (κ3) is 5.88. The quantitative estimate of drug-likeness (QED) is 0.442. The average molecular weight is 546 g/mol. The van der Waals surface area contributed by atoms with Crippen molar-refractivity contribution in [2.75, 3.05) is 0 Å². The number of hydrogen-bond donors (Lipinski definition) is 2. The number of hydrogen-bond acceptors (Lipinski definition) is 6. The van der Waals surface area contributed by atoms with Gasteiger partial charge >= 0.3 is 5.56 Å². The van der Waals surface area contributed by atoms with E-state index in [0.29, 0.717) is 18.5 Å². The molecule has 4 rings (SSSR count). The Labute approximate surface area is 232 Å². The second kappa shape index (κ2) is 11.3. The first-order valence-electron chi connectivity index (χ1n) is 13.1. The lowest BCUT2D eigenvalue weighted by Crippen LogP contribution is -2.52. The van der Waals surface area contributed by atoms with Gasteiger partial charge in [-0.2, -0.15) is 10.4 Å². The zero-order valence-electron chi connectivity index (χ0n) is 23.1. The number of halogens is 1. The predicted molar refractivity (Wildman–Crippen MR) is 146 cm³/mol. The monoisotopic (exact) mass is 545 g/mol. The number of rotatable bonds is 7. The van der Waals surface area contributed by atoms with Crippen LogP contribution in [0.3, 0.4) is 0 Å². The smallest absolute Gasteiger partial charge is 0.307 e. The van der Waals surface area contributed by atoms with Crippen LogP contribution < -0.4 is 15.6 Å². The summed E-state index contributed by atoms with van der Waals surface area (Å²) in [7, 11) is 0. The summed E-state index contributed by atoms with van der Waals surface area (Å²) in [6.07, 6.45) is 1.34. The van der Waals surface area contributed by atoms with E-state index in [0.717, 1.165) is 17.2 Å². The number of ether oxygens (including phenoxy) is 1. The second-order valence-corrected chi connectivity index (χ2v) is 10.7. The summed E-state index contributed by atoms with van der Waals surface area (Å²) >= 11 is 0. The van der Waals surface area contributed by atoms with Crippen molar-refractivity contribution in [3.8, 4) is 17.6 Å². The van der Waals surface area contributed by atoms with E-state index in [4.69, 9.17) is 4.74 Å². The lowest BCUT2D eigenvalue weighted by molar-refractivity contribution is -0.137. The fraction of sp³-hybridized carbons (Fsp3) is 0.367. The number of aromatic nitrogens is 2. The molecular formula is C30H32FN5O4. The van der Waals surface area contributed by atoms with Crippen molar-refractivity contribution in [3.63, 3.8) is 0 Å². The van der Waals surface area contributed by atoms with Crippen molar-refractivity contribution in [3.05, 3.63) is 87.1 Å². The number of nitrogens with one attached hydrogen (secondary N) is 2. The van der Waals surface area contributed by atoms with Crippen LogP contribution in [0.5, 0.6) is 11.5 Å². The lowest BCUT2D eigenvalue weighted by Gasteiger charge is -2.38. The topological polar surface area (TPSA) is 128 Å². The van der Waals surface area contributed by atoms with Crippen LogP contribution in [0.4, 0.5) is 4.39 Å². The summed E-state index contributed by atoms with van der Waals surface area (Å²) in [5, 5.41) is 18.5. The first-order chi connectivity index (χ1) is 18.9. The maximum Gasteiger partial charge on any atom is 0.307 e. The normalized spacial score (nSPS) is 17.7. The molecule has 1 saturated heterocycles.